The van der Waals surface area contributed by atoms with Crippen LogP contribution in [0, 0.1) is 6.92 Å². The zero-order valence-electron chi connectivity index (χ0n) is 3.20. The average Bonchev–Trinajstić information content (AvgIpc) is 1.30. The van der Waals surface area contributed by atoms with Crippen molar-refractivity contribution in [1.82, 2.24) is 5.32 Å². The van der Waals surface area contributed by atoms with Crippen LogP contribution in [0.4, 0.5) is 0 Å². The fourth-order valence-electron chi connectivity index (χ4n) is 0.348. The first-order chi connectivity index (χ1) is 2.39. The largest absolute Gasteiger partial charge is 0.314 e. The van der Waals surface area contributed by atoms with Gasteiger partial charge in [0.25, 0.3) is 0 Å². The molecule has 1 rings (SSSR count). The lowest BCUT2D eigenvalue weighted by molar-refractivity contribution is 0.434. The maximum Gasteiger partial charge on any atom is 0.00797 e. The lowest BCUT2D eigenvalue weighted by atomic mass is 10.1. The summed E-state index contributed by atoms with van der Waals surface area (Å²) in [6.07, 6.45) is 1.26. The summed E-state index contributed by atoms with van der Waals surface area (Å²) < 4.78 is 0. The van der Waals surface area contributed by atoms with Crippen molar-refractivity contribution in [3.05, 3.63) is 6.92 Å². The molecule has 0 aromatic heterocycles. The smallest absolute Gasteiger partial charge is 0.00797 e. The van der Waals surface area contributed by atoms with Crippen molar-refractivity contribution in [3.8, 4) is 0 Å². The zero-order valence-corrected chi connectivity index (χ0v) is 3.20. The molecule has 0 unspecified atom stereocenters. The Labute approximate surface area is 32.4 Å². The van der Waals surface area contributed by atoms with Crippen LogP contribution >= 0.6 is 0 Å². The average molecular weight is 70.1 g/mol. The quantitative estimate of drug-likeness (QED) is 0.429. The van der Waals surface area contributed by atoms with Crippen LogP contribution in [-0.2, 0) is 0 Å². The van der Waals surface area contributed by atoms with Gasteiger partial charge in [0.15, 0.2) is 0 Å². The topological polar surface area (TPSA) is 12.0 Å². The highest BCUT2D eigenvalue weighted by atomic mass is 15.0. The van der Waals surface area contributed by atoms with E-state index in [2.05, 4.69) is 12.2 Å². The molecule has 1 saturated heterocycles. The van der Waals surface area contributed by atoms with E-state index < -0.39 is 0 Å². The van der Waals surface area contributed by atoms with Gasteiger partial charge in [-0.3, -0.25) is 0 Å². The highest BCUT2D eigenvalue weighted by Gasteiger charge is 2.07. The van der Waals surface area contributed by atoms with Crippen molar-refractivity contribution >= 4 is 0 Å². The van der Waals surface area contributed by atoms with Crippen LogP contribution in [0.15, 0.2) is 0 Å². The molecule has 1 radical (unpaired) electrons. The van der Waals surface area contributed by atoms with E-state index in [1.165, 1.54) is 13.0 Å². The molecule has 1 aliphatic rings. The van der Waals surface area contributed by atoms with Gasteiger partial charge in [-0.1, -0.05) is 0 Å². The molecular formula is C4H8N. The molecular weight excluding hydrogens is 62.1 g/mol. The third kappa shape index (κ3) is 0.428. The second-order valence-electron chi connectivity index (χ2n) is 1.44. The van der Waals surface area contributed by atoms with E-state index in [1.54, 1.807) is 0 Å². The molecule has 0 saturated carbocycles. The van der Waals surface area contributed by atoms with Gasteiger partial charge in [-0.25, -0.2) is 0 Å². The fraction of sp³-hybridized carbons (Fsp3) is 0.750. The molecule has 0 aliphatic carbocycles. The van der Waals surface area contributed by atoms with Crippen LogP contribution in [0.5, 0.6) is 0 Å². The van der Waals surface area contributed by atoms with Gasteiger partial charge >= 0.3 is 0 Å². The Morgan fingerprint density at radius 1 is 1.80 bits per heavy atom. The number of nitrogens with one attached hydrogen (secondary N) is 1. The molecule has 0 amide bonds. The molecule has 0 spiro atoms. The van der Waals surface area contributed by atoms with Crippen LogP contribution in [0.1, 0.15) is 6.42 Å². The van der Waals surface area contributed by atoms with Gasteiger partial charge in [0, 0.05) is 6.04 Å². The second kappa shape index (κ2) is 0.977. The standard InChI is InChI=1S/C4H8N/c1-4-2-3-5-4/h4-5H,1-3H2/t4-/m0/s1. The van der Waals surface area contributed by atoms with Crippen LogP contribution in [-0.4, -0.2) is 12.6 Å². The number of rotatable bonds is 0. The summed E-state index contributed by atoms with van der Waals surface area (Å²) in [6.45, 7) is 4.91. The molecule has 1 N–H and O–H groups in total. The van der Waals surface area contributed by atoms with Gasteiger partial charge in [0.05, 0.1) is 0 Å². The van der Waals surface area contributed by atoms with Crippen LogP contribution < -0.4 is 5.32 Å². The first kappa shape index (κ1) is 3.16. The van der Waals surface area contributed by atoms with Crippen LogP contribution in [0.2, 0.25) is 0 Å². The van der Waals surface area contributed by atoms with E-state index in [-0.39, 0.29) is 0 Å². The monoisotopic (exact) mass is 70.1 g/mol. The molecule has 0 aromatic carbocycles. The van der Waals surface area contributed by atoms with Gasteiger partial charge < -0.3 is 5.32 Å². The lowest BCUT2D eigenvalue weighted by Crippen LogP contribution is -2.40. The Kier molecular flexibility index (Phi) is 0.618. The third-order valence-corrected chi connectivity index (χ3v) is 0.926. The number of hydrogen-bond donors (Lipinski definition) is 1. The lowest BCUT2D eigenvalue weighted by Gasteiger charge is -2.22. The normalized spacial score (nSPS) is 36.6. The summed E-state index contributed by atoms with van der Waals surface area (Å²) in [5.41, 5.74) is 0. The molecule has 29 valence electrons. The molecule has 0 bridgehead atoms. The summed E-state index contributed by atoms with van der Waals surface area (Å²) in [5, 5.41) is 3.10. The van der Waals surface area contributed by atoms with Crippen molar-refractivity contribution in [2.75, 3.05) is 6.54 Å². The predicted octanol–water partition coefficient (Wildman–Crippen LogP) is 0.182. The SMILES string of the molecule is [CH2][C@H]1CCN1. The van der Waals surface area contributed by atoms with Gasteiger partial charge in [-0.2, -0.15) is 0 Å². The maximum atomic E-state index is 3.73. The van der Waals surface area contributed by atoms with Crippen LogP contribution in [0.25, 0.3) is 0 Å². The van der Waals surface area contributed by atoms with Gasteiger partial charge in [0.1, 0.15) is 0 Å². The second-order valence-corrected chi connectivity index (χ2v) is 1.44. The third-order valence-electron chi connectivity index (χ3n) is 0.926. The first-order valence-corrected chi connectivity index (χ1v) is 1.96. The molecule has 1 fully saturated rings. The predicted molar refractivity (Wildman–Crippen MR) is 21.8 cm³/mol. The van der Waals surface area contributed by atoms with Gasteiger partial charge in [-0.15, -0.1) is 0 Å². The summed E-state index contributed by atoms with van der Waals surface area (Å²) in [5.74, 6) is 0. The highest BCUT2D eigenvalue weighted by Crippen LogP contribution is 1.96. The Bertz CT molecular complexity index is 30.6. The van der Waals surface area contributed by atoms with Crippen molar-refractivity contribution in [2.24, 2.45) is 0 Å². The Morgan fingerprint density at radius 2 is 2.20 bits per heavy atom. The summed E-state index contributed by atoms with van der Waals surface area (Å²) >= 11 is 0. The molecule has 1 heteroatoms. The molecule has 5 heavy (non-hydrogen) atoms. The van der Waals surface area contributed by atoms with E-state index in [0.29, 0.717) is 6.04 Å². The van der Waals surface area contributed by atoms with E-state index in [1.807, 2.05) is 0 Å². The van der Waals surface area contributed by atoms with Crippen molar-refractivity contribution < 1.29 is 0 Å². The van der Waals surface area contributed by atoms with Crippen molar-refractivity contribution in [3.63, 3.8) is 0 Å². The van der Waals surface area contributed by atoms with E-state index >= 15 is 0 Å². The van der Waals surface area contributed by atoms with E-state index in [0.717, 1.165) is 0 Å². The fourth-order valence-corrected chi connectivity index (χ4v) is 0.348. The molecule has 0 aromatic rings. The number of hydrogen-bond acceptors (Lipinski definition) is 1. The zero-order chi connectivity index (χ0) is 3.70. The van der Waals surface area contributed by atoms with Crippen molar-refractivity contribution in [2.45, 2.75) is 12.5 Å². The Hall–Kier alpha value is -0.0400. The molecule has 1 nitrogen and oxygen atoms in total. The molecule has 1 atom stereocenters. The highest BCUT2D eigenvalue weighted by molar-refractivity contribution is 4.78. The van der Waals surface area contributed by atoms with Gasteiger partial charge in [0.2, 0.25) is 0 Å². The summed E-state index contributed by atoms with van der Waals surface area (Å²) in [7, 11) is 0. The minimum Gasteiger partial charge on any atom is -0.314 e. The van der Waals surface area contributed by atoms with Crippen molar-refractivity contribution in [1.29, 1.82) is 0 Å². The molecule has 1 aliphatic heterocycles. The summed E-state index contributed by atoms with van der Waals surface area (Å²) in [4.78, 5) is 0. The maximum absolute atomic E-state index is 3.73. The van der Waals surface area contributed by atoms with E-state index in [4.69, 9.17) is 0 Å². The Morgan fingerprint density at radius 3 is 2.20 bits per heavy atom. The molecule has 1 heterocycles. The van der Waals surface area contributed by atoms with E-state index in [9.17, 15) is 0 Å². The summed E-state index contributed by atoms with van der Waals surface area (Å²) in [6, 6.07) is 0.565. The van der Waals surface area contributed by atoms with Crippen LogP contribution in [0.3, 0.4) is 0 Å². The minimum atomic E-state index is 0.565. The van der Waals surface area contributed by atoms with Gasteiger partial charge in [-0.05, 0) is 19.9 Å². The Balaban J connectivity index is 2.08. The minimum absolute atomic E-state index is 0.565. The first-order valence-electron chi connectivity index (χ1n) is 1.96.